The molecule has 0 radical (unpaired) electrons. The summed E-state index contributed by atoms with van der Waals surface area (Å²) in [4.78, 5) is 19.5. The number of ether oxygens (including phenoxy) is 1. The van der Waals surface area contributed by atoms with Crippen LogP contribution in [0.3, 0.4) is 0 Å². The van der Waals surface area contributed by atoms with Gasteiger partial charge in [-0.2, -0.15) is 0 Å². The predicted octanol–water partition coefficient (Wildman–Crippen LogP) is 4.24. The molecule has 0 saturated heterocycles. The van der Waals surface area contributed by atoms with E-state index in [1.807, 2.05) is 48.0 Å². The van der Waals surface area contributed by atoms with E-state index in [0.717, 1.165) is 22.3 Å². The summed E-state index contributed by atoms with van der Waals surface area (Å²) in [6.07, 6.45) is 3.02. The Morgan fingerprint density at radius 1 is 1.22 bits per heavy atom. The molecule has 4 aromatic rings. The van der Waals surface area contributed by atoms with Crippen molar-refractivity contribution in [3.05, 3.63) is 65.8 Å². The van der Waals surface area contributed by atoms with Crippen molar-refractivity contribution in [1.82, 2.24) is 15.3 Å². The third kappa shape index (κ3) is 3.85. The quantitative estimate of drug-likeness (QED) is 0.388. The molecular formula is C19H17N5O2S. The smallest absolute Gasteiger partial charge is 0.399 e. The Bertz CT molecular complexity index is 1090. The highest BCUT2D eigenvalue weighted by atomic mass is 32.1. The van der Waals surface area contributed by atoms with Crippen molar-refractivity contribution >= 4 is 45.5 Å². The summed E-state index contributed by atoms with van der Waals surface area (Å²) >= 11 is 1.34. The number of pyridine rings is 1. The Labute approximate surface area is 159 Å². The molecule has 8 heteroatoms. The maximum Gasteiger partial charge on any atom is 0.413 e. The number of carbonyl (C=O) groups excluding carboxylic acids is 1. The van der Waals surface area contributed by atoms with Crippen molar-refractivity contribution in [3.8, 4) is 5.06 Å². The van der Waals surface area contributed by atoms with E-state index in [0.29, 0.717) is 23.0 Å². The first-order chi connectivity index (χ1) is 13.2. The molecule has 0 aliphatic rings. The summed E-state index contributed by atoms with van der Waals surface area (Å²) in [7, 11) is 0. The zero-order valence-corrected chi connectivity index (χ0v) is 15.0. The summed E-state index contributed by atoms with van der Waals surface area (Å²) in [5.41, 5.74) is 9.69. The molecule has 3 heterocycles. The largest absolute Gasteiger partial charge is 0.413 e. The highest BCUT2D eigenvalue weighted by Crippen LogP contribution is 2.35. The number of H-pyrrole nitrogens is 1. The average Bonchev–Trinajstić information content (AvgIpc) is 3.30. The molecule has 0 bridgehead atoms. The monoisotopic (exact) mass is 379 g/mol. The molecule has 0 aliphatic heterocycles. The number of nitrogens with one attached hydrogen (secondary N) is 3. The number of aromatic nitrogens is 2. The average molecular weight is 379 g/mol. The zero-order chi connectivity index (χ0) is 18.6. The SMILES string of the molecule is Nc1cccc(CNC(=O)Oc2sccc2Nc2ccnc3[nH]ccc23)c1. The third-order valence-electron chi connectivity index (χ3n) is 3.93. The molecular weight excluding hydrogens is 362 g/mol. The molecule has 0 saturated carbocycles. The van der Waals surface area contributed by atoms with Crippen LogP contribution in [0.15, 0.2) is 60.2 Å². The van der Waals surface area contributed by atoms with E-state index in [9.17, 15) is 4.79 Å². The van der Waals surface area contributed by atoms with E-state index >= 15 is 0 Å². The van der Waals surface area contributed by atoms with Crippen molar-refractivity contribution in [2.75, 3.05) is 11.1 Å². The van der Waals surface area contributed by atoms with Gasteiger partial charge in [0.2, 0.25) is 5.06 Å². The van der Waals surface area contributed by atoms with Crippen LogP contribution in [0.2, 0.25) is 0 Å². The molecule has 1 aromatic carbocycles. The number of hydrogen-bond acceptors (Lipinski definition) is 6. The van der Waals surface area contributed by atoms with Crippen molar-refractivity contribution in [1.29, 1.82) is 0 Å². The number of rotatable bonds is 5. The van der Waals surface area contributed by atoms with Crippen molar-refractivity contribution < 1.29 is 9.53 Å². The first-order valence-corrected chi connectivity index (χ1v) is 9.14. The van der Waals surface area contributed by atoms with Crippen LogP contribution < -0.4 is 21.1 Å². The maximum atomic E-state index is 12.1. The Hall–Kier alpha value is -3.52. The minimum Gasteiger partial charge on any atom is -0.399 e. The van der Waals surface area contributed by atoms with Crippen LogP contribution >= 0.6 is 11.3 Å². The normalized spacial score (nSPS) is 10.7. The van der Waals surface area contributed by atoms with Crippen LogP contribution in [-0.4, -0.2) is 16.1 Å². The molecule has 1 amide bonds. The second-order valence-corrected chi connectivity index (χ2v) is 6.71. The predicted molar refractivity (Wildman–Crippen MR) is 107 cm³/mol. The molecule has 0 unspecified atom stereocenters. The standard InChI is InChI=1S/C19H17N5O2S/c20-13-3-1-2-12(10-13)11-23-19(25)26-18-16(6-9-27-18)24-15-5-8-22-17-14(15)4-7-21-17/h1-10H,11,20H2,(H,23,25)(H2,21,22,24). The number of carbonyl (C=O) groups is 1. The molecule has 0 spiro atoms. The highest BCUT2D eigenvalue weighted by Gasteiger charge is 2.12. The first-order valence-electron chi connectivity index (χ1n) is 8.26. The lowest BCUT2D eigenvalue weighted by atomic mass is 10.2. The van der Waals surface area contributed by atoms with Gasteiger partial charge in [0.1, 0.15) is 5.65 Å². The first kappa shape index (κ1) is 16.9. The van der Waals surface area contributed by atoms with Crippen molar-refractivity contribution in [3.63, 3.8) is 0 Å². The molecule has 3 aromatic heterocycles. The van der Waals surface area contributed by atoms with Crippen LogP contribution in [0, 0.1) is 0 Å². The maximum absolute atomic E-state index is 12.1. The lowest BCUT2D eigenvalue weighted by Crippen LogP contribution is -2.26. The van der Waals surface area contributed by atoms with Gasteiger partial charge in [-0.15, -0.1) is 11.3 Å². The molecule has 0 aliphatic carbocycles. The number of thiophene rings is 1. The zero-order valence-electron chi connectivity index (χ0n) is 14.2. The lowest BCUT2D eigenvalue weighted by Gasteiger charge is -2.10. The number of fused-ring (bicyclic) bond motifs is 1. The number of nitrogens with zero attached hydrogens (tertiary/aromatic N) is 1. The Morgan fingerprint density at radius 2 is 2.15 bits per heavy atom. The fourth-order valence-electron chi connectivity index (χ4n) is 2.68. The molecule has 4 rings (SSSR count). The number of hydrogen-bond donors (Lipinski definition) is 4. The van der Waals surface area contributed by atoms with Gasteiger partial charge in [0.25, 0.3) is 0 Å². The van der Waals surface area contributed by atoms with Gasteiger partial charge in [-0.25, -0.2) is 9.78 Å². The van der Waals surface area contributed by atoms with Gasteiger partial charge in [0.05, 0.1) is 11.4 Å². The molecule has 136 valence electrons. The minimum absolute atomic E-state index is 0.340. The van der Waals surface area contributed by atoms with E-state index in [4.69, 9.17) is 10.5 Å². The molecule has 7 nitrogen and oxygen atoms in total. The van der Waals surface area contributed by atoms with Gasteiger partial charge in [-0.1, -0.05) is 12.1 Å². The van der Waals surface area contributed by atoms with E-state index in [-0.39, 0.29) is 0 Å². The molecule has 27 heavy (non-hydrogen) atoms. The number of anilines is 3. The number of aromatic amines is 1. The lowest BCUT2D eigenvalue weighted by molar-refractivity contribution is 0.201. The van der Waals surface area contributed by atoms with Gasteiger partial charge < -0.3 is 26.1 Å². The Balaban J connectivity index is 1.43. The van der Waals surface area contributed by atoms with Crippen molar-refractivity contribution in [2.24, 2.45) is 0 Å². The van der Waals surface area contributed by atoms with Gasteiger partial charge in [-0.3, -0.25) is 0 Å². The topological polar surface area (TPSA) is 105 Å². The second kappa shape index (κ2) is 7.38. The van der Waals surface area contributed by atoms with Gasteiger partial charge in [0.15, 0.2) is 0 Å². The summed E-state index contributed by atoms with van der Waals surface area (Å²) < 4.78 is 5.45. The van der Waals surface area contributed by atoms with E-state index < -0.39 is 6.09 Å². The number of nitrogen functional groups attached to an aromatic ring is 1. The number of nitrogens with two attached hydrogens (primary N) is 1. The third-order valence-corrected chi connectivity index (χ3v) is 4.72. The summed E-state index contributed by atoms with van der Waals surface area (Å²) in [5, 5.41) is 9.33. The highest BCUT2D eigenvalue weighted by molar-refractivity contribution is 7.12. The van der Waals surface area contributed by atoms with Gasteiger partial charge in [-0.05, 0) is 41.3 Å². The summed E-state index contributed by atoms with van der Waals surface area (Å²) in [6.45, 7) is 0.340. The fourth-order valence-corrected chi connectivity index (χ4v) is 3.38. The number of benzene rings is 1. The van der Waals surface area contributed by atoms with Crippen LogP contribution in [0.4, 0.5) is 21.9 Å². The fraction of sp³-hybridized carbons (Fsp3) is 0.0526. The summed E-state index contributed by atoms with van der Waals surface area (Å²) in [6, 6.07) is 13.0. The summed E-state index contributed by atoms with van der Waals surface area (Å²) in [5.74, 6) is 0. The Morgan fingerprint density at radius 3 is 3.04 bits per heavy atom. The van der Waals surface area contributed by atoms with E-state index in [1.54, 1.807) is 12.3 Å². The van der Waals surface area contributed by atoms with E-state index in [1.165, 1.54) is 11.3 Å². The second-order valence-electron chi connectivity index (χ2n) is 5.83. The number of amides is 1. The van der Waals surface area contributed by atoms with Crippen LogP contribution in [-0.2, 0) is 6.54 Å². The van der Waals surface area contributed by atoms with Crippen LogP contribution in [0.1, 0.15) is 5.56 Å². The molecule has 0 fully saturated rings. The molecule has 5 N–H and O–H groups in total. The van der Waals surface area contributed by atoms with Crippen LogP contribution in [0.5, 0.6) is 5.06 Å². The van der Waals surface area contributed by atoms with E-state index in [2.05, 4.69) is 20.6 Å². The minimum atomic E-state index is -0.524. The van der Waals surface area contributed by atoms with Gasteiger partial charge in [0, 0.05) is 30.0 Å². The van der Waals surface area contributed by atoms with Gasteiger partial charge >= 0.3 is 6.09 Å². The van der Waals surface area contributed by atoms with Crippen LogP contribution in [0.25, 0.3) is 11.0 Å². The molecule has 0 atom stereocenters. The Kier molecular flexibility index (Phi) is 4.63. The van der Waals surface area contributed by atoms with Crippen molar-refractivity contribution in [2.45, 2.75) is 6.54 Å².